The predicted molar refractivity (Wildman–Crippen MR) is 42.0 cm³/mol. The summed E-state index contributed by atoms with van der Waals surface area (Å²) in [5.41, 5.74) is 0. The highest BCUT2D eigenvalue weighted by molar-refractivity contribution is 14.1. The first-order chi connectivity index (χ1) is 4.00. The van der Waals surface area contributed by atoms with Gasteiger partial charge in [-0.05, 0) is 4.93 Å². The third-order valence-corrected chi connectivity index (χ3v) is 0.478. The van der Waals surface area contributed by atoms with E-state index in [4.69, 9.17) is 0 Å². The zero-order valence-electron chi connectivity index (χ0n) is 4.58. The van der Waals surface area contributed by atoms with E-state index in [0.717, 1.165) is 0 Å². The molecule has 0 N–H and O–H groups in total. The summed E-state index contributed by atoms with van der Waals surface area (Å²) in [4.78, 5) is 9.41. The van der Waals surface area contributed by atoms with Gasteiger partial charge in [0.1, 0.15) is 0 Å². The minimum atomic E-state index is 1.64. The molecule has 0 amide bonds. The third-order valence-electron chi connectivity index (χ3n) is 0.478. The van der Waals surface area contributed by atoms with Crippen molar-refractivity contribution < 1.29 is 0 Å². The van der Waals surface area contributed by atoms with Crippen molar-refractivity contribution in [3.63, 3.8) is 0 Å². The Morgan fingerprint density at radius 2 is 1.12 bits per heavy atom. The lowest BCUT2D eigenvalue weighted by atomic mass is 10.8. The quantitative estimate of drug-likeness (QED) is 0.491. The summed E-state index contributed by atoms with van der Waals surface area (Å²) in [7, 11) is 0. The first-order valence-corrected chi connectivity index (χ1v) is 4.23. The van der Waals surface area contributed by atoms with Gasteiger partial charge in [0.2, 0.25) is 0 Å². The minimum absolute atomic E-state index is 1.64. The van der Waals surface area contributed by atoms with Gasteiger partial charge in [-0.25, -0.2) is 0 Å². The molecule has 0 aliphatic heterocycles. The van der Waals surface area contributed by atoms with Crippen molar-refractivity contribution in [3.05, 3.63) is 24.8 Å². The third kappa shape index (κ3) is 3.98. The predicted octanol–water partition coefficient (Wildman–Crippen LogP) is 1.53. The first-order valence-electron chi connectivity index (χ1n) is 2.08. The SMILES string of the molecule is CI.c1cnccn1. The monoisotopic (exact) mass is 222 g/mol. The van der Waals surface area contributed by atoms with Gasteiger partial charge in [0.25, 0.3) is 0 Å². The molecular formula is C5H7IN2. The highest BCUT2D eigenvalue weighted by Gasteiger charge is 1.59. The Morgan fingerprint density at radius 1 is 0.875 bits per heavy atom. The molecule has 0 atom stereocenters. The molecule has 0 unspecified atom stereocenters. The van der Waals surface area contributed by atoms with Crippen molar-refractivity contribution in [3.8, 4) is 0 Å². The Morgan fingerprint density at radius 3 is 1.25 bits per heavy atom. The van der Waals surface area contributed by atoms with Crippen LogP contribution in [0.15, 0.2) is 24.8 Å². The van der Waals surface area contributed by atoms with Crippen LogP contribution in [0.4, 0.5) is 0 Å². The molecule has 2 nitrogen and oxygen atoms in total. The van der Waals surface area contributed by atoms with Gasteiger partial charge in [0.15, 0.2) is 0 Å². The number of aromatic nitrogens is 2. The van der Waals surface area contributed by atoms with E-state index in [0.29, 0.717) is 0 Å². The average Bonchev–Trinajstić information content (AvgIpc) is 1.96. The van der Waals surface area contributed by atoms with Crippen molar-refractivity contribution in [2.24, 2.45) is 0 Å². The lowest BCUT2D eigenvalue weighted by Gasteiger charge is -1.70. The summed E-state index contributed by atoms with van der Waals surface area (Å²) in [5, 5.41) is 0. The fourth-order valence-corrected chi connectivity index (χ4v) is 0.253. The van der Waals surface area contributed by atoms with Crippen LogP contribution < -0.4 is 0 Å². The number of hydrogen-bond acceptors (Lipinski definition) is 2. The zero-order valence-corrected chi connectivity index (χ0v) is 6.74. The molecule has 1 rings (SSSR count). The van der Waals surface area contributed by atoms with Crippen molar-refractivity contribution in [2.45, 2.75) is 0 Å². The molecule has 1 aromatic heterocycles. The van der Waals surface area contributed by atoms with Crippen molar-refractivity contribution >= 4 is 22.6 Å². The Balaban J connectivity index is 0.000000222. The molecule has 3 heteroatoms. The molecule has 8 heavy (non-hydrogen) atoms. The Labute approximate surface area is 62.5 Å². The maximum Gasteiger partial charge on any atom is 0.0451 e. The summed E-state index contributed by atoms with van der Waals surface area (Å²) < 4.78 is 0. The second kappa shape index (κ2) is 6.81. The molecule has 0 saturated heterocycles. The molecule has 0 aliphatic carbocycles. The van der Waals surface area contributed by atoms with Crippen LogP contribution >= 0.6 is 22.6 Å². The molecule has 44 valence electrons. The van der Waals surface area contributed by atoms with Crippen LogP contribution in [0.25, 0.3) is 0 Å². The molecule has 0 bridgehead atoms. The fraction of sp³-hybridized carbons (Fsp3) is 0.200. The van der Waals surface area contributed by atoms with Gasteiger partial charge in [0, 0.05) is 24.8 Å². The molecule has 0 saturated carbocycles. The van der Waals surface area contributed by atoms with Crippen LogP contribution in [0.1, 0.15) is 0 Å². The molecule has 1 aromatic rings. The lowest BCUT2D eigenvalue weighted by Crippen LogP contribution is -1.66. The second-order valence-electron chi connectivity index (χ2n) is 0.894. The Kier molecular flexibility index (Phi) is 6.65. The Bertz CT molecular complexity index is 82.4. The number of hydrogen-bond donors (Lipinski definition) is 0. The van der Waals surface area contributed by atoms with E-state index in [9.17, 15) is 0 Å². The Hall–Kier alpha value is -0.190. The largest absolute Gasteiger partial charge is 0.262 e. The maximum atomic E-state index is 3.72. The van der Waals surface area contributed by atoms with Crippen LogP contribution in [0, 0.1) is 0 Å². The topological polar surface area (TPSA) is 25.8 Å². The molecule has 0 aromatic carbocycles. The highest BCUT2D eigenvalue weighted by Crippen LogP contribution is 1.65. The summed E-state index contributed by atoms with van der Waals surface area (Å²) in [6, 6.07) is 0. The van der Waals surface area contributed by atoms with Gasteiger partial charge in [-0.3, -0.25) is 9.97 Å². The maximum absolute atomic E-state index is 3.72. The molecular weight excluding hydrogens is 215 g/mol. The van der Waals surface area contributed by atoms with E-state index in [2.05, 4.69) is 32.6 Å². The van der Waals surface area contributed by atoms with E-state index in [1.807, 2.05) is 4.93 Å². The van der Waals surface area contributed by atoms with Crippen LogP contribution in [0.2, 0.25) is 0 Å². The summed E-state index contributed by atoms with van der Waals surface area (Å²) >= 11 is 2.15. The van der Waals surface area contributed by atoms with Gasteiger partial charge in [0.05, 0.1) is 0 Å². The molecule has 0 radical (unpaired) electrons. The smallest absolute Gasteiger partial charge is 0.0451 e. The molecule has 0 spiro atoms. The van der Waals surface area contributed by atoms with E-state index < -0.39 is 0 Å². The highest BCUT2D eigenvalue weighted by atomic mass is 127. The van der Waals surface area contributed by atoms with E-state index >= 15 is 0 Å². The summed E-state index contributed by atoms with van der Waals surface area (Å²) in [6.45, 7) is 0. The number of alkyl halides is 1. The van der Waals surface area contributed by atoms with Gasteiger partial charge in [-0.15, -0.1) is 0 Å². The van der Waals surface area contributed by atoms with Gasteiger partial charge in [-0.2, -0.15) is 0 Å². The normalized spacial score (nSPS) is 6.75. The van der Waals surface area contributed by atoms with Gasteiger partial charge in [-0.1, -0.05) is 22.6 Å². The van der Waals surface area contributed by atoms with Crippen molar-refractivity contribution in [1.29, 1.82) is 0 Å². The van der Waals surface area contributed by atoms with Crippen LogP contribution in [0.3, 0.4) is 0 Å². The van der Waals surface area contributed by atoms with Crippen LogP contribution in [-0.4, -0.2) is 14.9 Å². The average molecular weight is 222 g/mol. The number of halogens is 1. The zero-order chi connectivity index (χ0) is 6.24. The van der Waals surface area contributed by atoms with E-state index in [1.165, 1.54) is 0 Å². The van der Waals surface area contributed by atoms with Crippen LogP contribution in [-0.2, 0) is 0 Å². The lowest BCUT2D eigenvalue weighted by molar-refractivity contribution is 1.20. The van der Waals surface area contributed by atoms with Crippen molar-refractivity contribution in [2.75, 3.05) is 4.93 Å². The summed E-state index contributed by atoms with van der Waals surface area (Å²) in [5.74, 6) is 0. The van der Waals surface area contributed by atoms with E-state index in [1.54, 1.807) is 24.8 Å². The van der Waals surface area contributed by atoms with Gasteiger partial charge >= 0.3 is 0 Å². The number of nitrogens with zero attached hydrogens (tertiary/aromatic N) is 2. The molecule has 0 aliphatic rings. The standard InChI is InChI=1S/C4H4N2.CH3I/c1-2-6-4-3-5-1;1-2/h1-4H;1H3. The molecule has 0 fully saturated rings. The van der Waals surface area contributed by atoms with Crippen molar-refractivity contribution in [1.82, 2.24) is 9.97 Å². The molecule has 1 heterocycles. The first kappa shape index (κ1) is 7.81. The van der Waals surface area contributed by atoms with E-state index in [-0.39, 0.29) is 0 Å². The minimum Gasteiger partial charge on any atom is -0.262 e. The van der Waals surface area contributed by atoms with Crippen LogP contribution in [0.5, 0.6) is 0 Å². The summed E-state index contributed by atoms with van der Waals surface area (Å²) in [6.07, 6.45) is 6.56. The number of rotatable bonds is 0. The van der Waals surface area contributed by atoms with Gasteiger partial charge < -0.3 is 0 Å². The second-order valence-corrected chi connectivity index (χ2v) is 0.894. The fourth-order valence-electron chi connectivity index (χ4n) is 0.253.